The highest BCUT2D eigenvalue weighted by Crippen LogP contribution is 2.20. The molecule has 0 unspecified atom stereocenters. The van der Waals surface area contributed by atoms with Crippen LogP contribution in [0.15, 0.2) is 39.7 Å². The van der Waals surface area contributed by atoms with E-state index >= 15 is 0 Å². The number of nitrogens with zero attached hydrogens (tertiary/aromatic N) is 3. The van der Waals surface area contributed by atoms with E-state index in [1.54, 1.807) is 0 Å². The first-order chi connectivity index (χ1) is 12.4. The third-order valence-corrected chi connectivity index (χ3v) is 3.61. The molecule has 0 saturated carbocycles. The van der Waals surface area contributed by atoms with Crippen LogP contribution in [-0.4, -0.2) is 33.9 Å². The van der Waals surface area contributed by atoms with E-state index in [0.717, 1.165) is 17.8 Å². The molecule has 0 atom stereocenters. The lowest BCUT2D eigenvalue weighted by Crippen LogP contribution is -2.19. The van der Waals surface area contributed by atoms with Crippen LogP contribution < -0.4 is 4.74 Å². The summed E-state index contributed by atoms with van der Waals surface area (Å²) in [6.07, 6.45) is -3.41. The number of ether oxygens (including phenoxy) is 2. The third-order valence-electron chi connectivity index (χ3n) is 2.92. The van der Waals surface area contributed by atoms with E-state index in [9.17, 15) is 18.0 Å². The van der Waals surface area contributed by atoms with Gasteiger partial charge in [-0.2, -0.15) is 29.5 Å². The van der Waals surface area contributed by atoms with E-state index in [2.05, 4.69) is 19.9 Å². The highest BCUT2D eigenvalue weighted by molar-refractivity contribution is 7.08. The van der Waals surface area contributed by atoms with Crippen LogP contribution in [0.5, 0.6) is 5.88 Å². The summed E-state index contributed by atoms with van der Waals surface area (Å²) in [4.78, 5) is 19.6. The lowest BCUT2D eigenvalue weighted by molar-refractivity contribution is -0.154. The van der Waals surface area contributed by atoms with Crippen molar-refractivity contribution in [3.8, 4) is 17.3 Å². The normalized spacial score (nSPS) is 11.3. The van der Waals surface area contributed by atoms with E-state index in [4.69, 9.17) is 9.26 Å². The second-order valence-corrected chi connectivity index (χ2v) is 5.67. The minimum absolute atomic E-state index is 0.0471. The summed E-state index contributed by atoms with van der Waals surface area (Å²) in [5.41, 5.74) is 0.810. The maximum Gasteiger partial charge on any atom is 0.422 e. The second kappa shape index (κ2) is 7.52. The predicted octanol–water partition coefficient (Wildman–Crippen LogP) is 3.49. The largest absolute Gasteiger partial charge is 0.468 e. The highest BCUT2D eigenvalue weighted by atomic mass is 32.1. The third kappa shape index (κ3) is 4.79. The molecule has 3 aromatic rings. The summed E-state index contributed by atoms with van der Waals surface area (Å²) in [5, 5.41) is 7.38. The molecule has 0 saturated heterocycles. The van der Waals surface area contributed by atoms with E-state index < -0.39 is 18.8 Å². The quantitative estimate of drug-likeness (QED) is 0.600. The van der Waals surface area contributed by atoms with Gasteiger partial charge in [0, 0.05) is 17.6 Å². The van der Waals surface area contributed by atoms with Crippen LogP contribution in [0, 0.1) is 0 Å². The monoisotopic (exact) mass is 385 g/mol. The predicted molar refractivity (Wildman–Crippen MR) is 82.5 cm³/mol. The topological polar surface area (TPSA) is 87.3 Å². The SMILES string of the molecule is O=C(OCc1noc(-c2ccsc2)n1)c1ccc(OCC(F)(F)F)nc1. The Kier molecular flexibility index (Phi) is 5.16. The van der Waals surface area contributed by atoms with Crippen molar-refractivity contribution in [2.45, 2.75) is 12.8 Å². The molecule has 7 nitrogen and oxygen atoms in total. The molecule has 0 aliphatic carbocycles. The van der Waals surface area contributed by atoms with Crippen molar-refractivity contribution in [2.75, 3.05) is 6.61 Å². The lowest BCUT2D eigenvalue weighted by atomic mass is 10.3. The molecule has 0 bridgehead atoms. The van der Waals surface area contributed by atoms with Crippen molar-refractivity contribution in [2.24, 2.45) is 0 Å². The van der Waals surface area contributed by atoms with Crippen LogP contribution in [0.4, 0.5) is 13.2 Å². The summed E-state index contributed by atoms with van der Waals surface area (Å²) in [6, 6.07) is 4.20. The number of thiophene rings is 1. The number of alkyl halides is 3. The van der Waals surface area contributed by atoms with Crippen molar-refractivity contribution in [1.29, 1.82) is 0 Å². The zero-order chi connectivity index (χ0) is 18.6. The van der Waals surface area contributed by atoms with E-state index in [0.29, 0.717) is 5.89 Å². The molecule has 0 N–H and O–H groups in total. The van der Waals surface area contributed by atoms with Crippen molar-refractivity contribution >= 4 is 17.3 Å². The zero-order valence-electron chi connectivity index (χ0n) is 12.9. The standard InChI is InChI=1S/C15H10F3N3O4S/c16-15(17,18)8-24-12-2-1-9(5-19-12)14(22)23-6-11-20-13(25-21-11)10-3-4-26-7-10/h1-5,7H,6,8H2. The van der Waals surface area contributed by atoms with Gasteiger partial charge in [-0.25, -0.2) is 9.78 Å². The Balaban J connectivity index is 1.53. The molecule has 0 aliphatic rings. The summed E-state index contributed by atoms with van der Waals surface area (Å²) < 4.78 is 50.7. The van der Waals surface area contributed by atoms with Crippen molar-refractivity contribution in [1.82, 2.24) is 15.1 Å². The number of rotatable bonds is 6. The molecule has 11 heteroatoms. The molecule has 136 valence electrons. The summed E-state index contributed by atoms with van der Waals surface area (Å²) in [6.45, 7) is -1.69. The number of hydrogen-bond donors (Lipinski definition) is 0. The Morgan fingerprint density at radius 1 is 1.27 bits per heavy atom. The molecule has 0 aliphatic heterocycles. The van der Waals surface area contributed by atoms with Crippen LogP contribution in [0.1, 0.15) is 16.2 Å². The molecular weight excluding hydrogens is 375 g/mol. The first-order valence-electron chi connectivity index (χ1n) is 7.08. The number of hydrogen-bond acceptors (Lipinski definition) is 8. The van der Waals surface area contributed by atoms with Crippen molar-refractivity contribution < 1.29 is 32.0 Å². The highest BCUT2D eigenvalue weighted by Gasteiger charge is 2.28. The smallest absolute Gasteiger partial charge is 0.422 e. The van der Waals surface area contributed by atoms with Gasteiger partial charge < -0.3 is 14.0 Å². The molecule has 0 fully saturated rings. The van der Waals surface area contributed by atoms with E-state index in [1.165, 1.54) is 17.4 Å². The number of carbonyl (C=O) groups excluding carboxylic acids is 1. The van der Waals surface area contributed by atoms with Gasteiger partial charge in [0.1, 0.15) is 0 Å². The van der Waals surface area contributed by atoms with Gasteiger partial charge in [-0.1, -0.05) is 5.16 Å². The maximum absolute atomic E-state index is 12.1. The van der Waals surface area contributed by atoms with Crippen molar-refractivity contribution in [3.05, 3.63) is 46.5 Å². The van der Waals surface area contributed by atoms with Gasteiger partial charge in [0.15, 0.2) is 13.2 Å². The molecule has 3 rings (SSSR count). The molecule has 0 radical (unpaired) electrons. The number of pyridine rings is 1. The number of halogens is 3. The summed E-state index contributed by atoms with van der Waals surface area (Å²) >= 11 is 1.47. The average molecular weight is 385 g/mol. The fourth-order valence-corrected chi connectivity index (χ4v) is 2.40. The number of carbonyl (C=O) groups is 1. The van der Waals surface area contributed by atoms with Gasteiger partial charge in [0.05, 0.1) is 11.1 Å². The van der Waals surface area contributed by atoms with E-state index in [1.807, 2.05) is 16.8 Å². The molecular formula is C15H10F3N3O4S. The van der Waals surface area contributed by atoms with Gasteiger partial charge >= 0.3 is 12.1 Å². The van der Waals surface area contributed by atoms with Crippen molar-refractivity contribution in [3.63, 3.8) is 0 Å². The Morgan fingerprint density at radius 2 is 2.12 bits per heavy atom. The Labute approximate surface area is 148 Å². The first-order valence-corrected chi connectivity index (χ1v) is 8.03. The minimum atomic E-state index is -4.47. The zero-order valence-corrected chi connectivity index (χ0v) is 13.7. The van der Waals surface area contributed by atoms with Crippen LogP contribution in [0.3, 0.4) is 0 Å². The summed E-state index contributed by atoms with van der Waals surface area (Å²) in [7, 11) is 0. The second-order valence-electron chi connectivity index (χ2n) is 4.89. The molecule has 0 spiro atoms. The average Bonchev–Trinajstić information content (AvgIpc) is 3.29. The maximum atomic E-state index is 12.1. The molecule has 0 aromatic carbocycles. The summed E-state index contributed by atoms with van der Waals surface area (Å²) in [5.74, 6) is -0.498. The van der Waals surface area contributed by atoms with Crippen LogP contribution in [-0.2, 0) is 11.3 Å². The Hall–Kier alpha value is -2.95. The molecule has 3 aromatic heterocycles. The Bertz CT molecular complexity index is 863. The van der Waals surface area contributed by atoms with Gasteiger partial charge in [0.2, 0.25) is 11.7 Å². The molecule has 26 heavy (non-hydrogen) atoms. The van der Waals surface area contributed by atoms with Crippen LogP contribution in [0.2, 0.25) is 0 Å². The van der Waals surface area contributed by atoms with Gasteiger partial charge in [0.25, 0.3) is 5.89 Å². The van der Waals surface area contributed by atoms with Crippen LogP contribution in [0.25, 0.3) is 11.5 Å². The van der Waals surface area contributed by atoms with Gasteiger partial charge in [-0.15, -0.1) is 0 Å². The van der Waals surface area contributed by atoms with E-state index in [-0.39, 0.29) is 23.9 Å². The minimum Gasteiger partial charge on any atom is -0.468 e. The lowest BCUT2D eigenvalue weighted by Gasteiger charge is -2.08. The fourth-order valence-electron chi connectivity index (χ4n) is 1.77. The Morgan fingerprint density at radius 3 is 2.77 bits per heavy atom. The molecule has 0 amide bonds. The van der Waals surface area contributed by atoms with Gasteiger partial charge in [-0.3, -0.25) is 0 Å². The fraction of sp³-hybridized carbons (Fsp3) is 0.200. The van der Waals surface area contributed by atoms with Gasteiger partial charge in [-0.05, 0) is 17.5 Å². The number of aromatic nitrogens is 3. The van der Waals surface area contributed by atoms with Crippen LogP contribution >= 0.6 is 11.3 Å². The first kappa shape index (κ1) is 17.9. The molecule has 3 heterocycles. The number of esters is 1.